The molecule has 39 heavy (non-hydrogen) atoms. The normalized spacial score (nSPS) is 28.1. The SMILES string of the molecule is CC1(O)CC(N)(c2ccc(C3(c4ccc(CC(N)=O)nc4)N=C(c4cncs4)SC3c3ccccc3)cc2)C1. The minimum atomic E-state index is -0.797. The molecule has 1 amide bonds. The second-order valence-corrected chi connectivity index (χ2v) is 12.7. The lowest BCUT2D eigenvalue weighted by atomic mass is 9.63. The van der Waals surface area contributed by atoms with E-state index in [9.17, 15) is 9.90 Å². The summed E-state index contributed by atoms with van der Waals surface area (Å²) in [6, 6.07) is 22.6. The molecule has 2 aromatic carbocycles. The molecule has 1 fully saturated rings. The van der Waals surface area contributed by atoms with Gasteiger partial charge in [0.25, 0.3) is 0 Å². The van der Waals surface area contributed by atoms with Gasteiger partial charge in [0.1, 0.15) is 10.6 Å². The topological polar surface area (TPSA) is 127 Å². The number of carbonyl (C=O) groups is 1. The van der Waals surface area contributed by atoms with Crippen LogP contribution in [0.4, 0.5) is 0 Å². The number of aliphatic imine (C=N–C) groups is 1. The highest BCUT2D eigenvalue weighted by molar-refractivity contribution is 8.15. The molecule has 0 saturated heterocycles. The molecule has 0 bridgehead atoms. The van der Waals surface area contributed by atoms with Crippen LogP contribution in [0.15, 0.2) is 89.6 Å². The number of hydrogen-bond acceptors (Lipinski definition) is 8. The largest absolute Gasteiger partial charge is 0.390 e. The number of aromatic nitrogens is 2. The number of amides is 1. The lowest BCUT2D eigenvalue weighted by molar-refractivity contribution is -0.117. The summed E-state index contributed by atoms with van der Waals surface area (Å²) < 4.78 is 0. The number of rotatable bonds is 7. The van der Waals surface area contributed by atoms with Gasteiger partial charge in [0.05, 0.1) is 27.7 Å². The molecule has 6 rings (SSSR count). The highest BCUT2D eigenvalue weighted by Gasteiger charge is 2.51. The van der Waals surface area contributed by atoms with Crippen LogP contribution in [-0.4, -0.2) is 31.6 Å². The molecule has 2 unspecified atom stereocenters. The summed E-state index contributed by atoms with van der Waals surface area (Å²) in [4.78, 5) is 26.9. The molecule has 3 heterocycles. The van der Waals surface area contributed by atoms with Gasteiger partial charge < -0.3 is 16.6 Å². The zero-order valence-electron chi connectivity index (χ0n) is 21.4. The lowest BCUT2D eigenvalue weighted by Crippen LogP contribution is -2.58. The third kappa shape index (κ3) is 4.69. The predicted octanol–water partition coefficient (Wildman–Crippen LogP) is 4.44. The number of thiazole rings is 1. The standard InChI is InChI=1S/C30H29N5O2S2/c1-28(37)16-29(32,17-28)20-7-9-21(10-8-20)30(22-11-12-23(34-14-22)13-25(31)36)26(19-5-3-2-4-6-19)39-27(35-30)24-15-33-18-38-24/h2-12,14-15,18,26,37H,13,16-17,32H2,1H3,(H2,31,36). The Bertz CT molecular complexity index is 1510. The highest BCUT2D eigenvalue weighted by Crippen LogP contribution is 2.58. The molecule has 1 saturated carbocycles. The van der Waals surface area contributed by atoms with Crippen molar-refractivity contribution in [3.8, 4) is 0 Å². The fourth-order valence-electron chi connectivity index (χ4n) is 5.91. The fourth-order valence-corrected chi connectivity index (χ4v) is 8.08. The first-order chi connectivity index (χ1) is 18.7. The van der Waals surface area contributed by atoms with Gasteiger partial charge in [0.2, 0.25) is 5.91 Å². The Balaban J connectivity index is 1.52. The van der Waals surface area contributed by atoms with E-state index in [1.807, 2.05) is 55.2 Å². The van der Waals surface area contributed by atoms with E-state index in [1.54, 1.807) is 23.1 Å². The molecule has 2 aliphatic rings. The zero-order chi connectivity index (χ0) is 27.3. The van der Waals surface area contributed by atoms with E-state index in [0.717, 1.165) is 32.2 Å². The van der Waals surface area contributed by atoms with E-state index in [2.05, 4.69) is 46.4 Å². The van der Waals surface area contributed by atoms with Gasteiger partial charge in [-0.05, 0) is 42.5 Å². The summed E-state index contributed by atoms with van der Waals surface area (Å²) in [5, 5.41) is 11.2. The molecule has 4 aromatic rings. The lowest BCUT2D eigenvalue weighted by Gasteiger charge is -2.50. The average Bonchev–Trinajstić information content (AvgIpc) is 3.57. The van der Waals surface area contributed by atoms with Crippen LogP contribution in [0.3, 0.4) is 0 Å². The van der Waals surface area contributed by atoms with Crippen molar-refractivity contribution >= 4 is 34.0 Å². The average molecular weight is 556 g/mol. The molecule has 7 nitrogen and oxygen atoms in total. The van der Waals surface area contributed by atoms with Crippen LogP contribution in [0.2, 0.25) is 0 Å². The van der Waals surface area contributed by atoms with E-state index in [4.69, 9.17) is 16.5 Å². The van der Waals surface area contributed by atoms with Gasteiger partial charge in [-0.2, -0.15) is 0 Å². The number of thioether (sulfide) groups is 1. The smallest absolute Gasteiger partial charge is 0.223 e. The Morgan fingerprint density at radius 2 is 1.69 bits per heavy atom. The monoisotopic (exact) mass is 555 g/mol. The van der Waals surface area contributed by atoms with Crippen LogP contribution in [0.1, 0.15) is 57.8 Å². The van der Waals surface area contributed by atoms with Crippen molar-refractivity contribution in [1.29, 1.82) is 0 Å². The van der Waals surface area contributed by atoms with Gasteiger partial charge in [0.15, 0.2) is 0 Å². The Labute approximate surface area is 235 Å². The number of primary amides is 1. The molecule has 9 heteroatoms. The molecule has 2 atom stereocenters. The number of carbonyl (C=O) groups excluding carboxylic acids is 1. The molecule has 1 aliphatic carbocycles. The van der Waals surface area contributed by atoms with E-state index in [0.29, 0.717) is 18.5 Å². The van der Waals surface area contributed by atoms with Crippen molar-refractivity contribution in [2.75, 3.05) is 0 Å². The number of benzene rings is 2. The summed E-state index contributed by atoms with van der Waals surface area (Å²) in [6.07, 6.45) is 4.79. The van der Waals surface area contributed by atoms with Crippen molar-refractivity contribution in [2.45, 2.75) is 48.1 Å². The summed E-state index contributed by atoms with van der Waals surface area (Å²) in [5.41, 5.74) is 16.5. The van der Waals surface area contributed by atoms with Gasteiger partial charge in [-0.1, -0.05) is 72.4 Å². The van der Waals surface area contributed by atoms with E-state index >= 15 is 0 Å². The Hall–Kier alpha value is -3.37. The molecular formula is C30H29N5O2S2. The van der Waals surface area contributed by atoms with Crippen LogP contribution in [0.25, 0.3) is 0 Å². The first-order valence-corrected chi connectivity index (χ1v) is 14.5. The third-order valence-corrected chi connectivity index (χ3v) is 9.84. The van der Waals surface area contributed by atoms with Gasteiger partial charge >= 0.3 is 0 Å². The van der Waals surface area contributed by atoms with Crippen molar-refractivity contribution in [3.05, 3.63) is 117 Å². The number of pyridine rings is 1. The molecule has 2 aromatic heterocycles. The Morgan fingerprint density at radius 1 is 1.00 bits per heavy atom. The first kappa shape index (κ1) is 25.9. The van der Waals surface area contributed by atoms with Crippen molar-refractivity contribution in [1.82, 2.24) is 9.97 Å². The molecule has 198 valence electrons. The molecule has 0 radical (unpaired) electrons. The van der Waals surface area contributed by atoms with Crippen LogP contribution in [-0.2, 0) is 22.3 Å². The second-order valence-electron chi connectivity index (χ2n) is 10.7. The van der Waals surface area contributed by atoms with Crippen LogP contribution >= 0.6 is 23.1 Å². The molecular weight excluding hydrogens is 526 g/mol. The molecule has 5 N–H and O–H groups in total. The van der Waals surface area contributed by atoms with Crippen molar-refractivity contribution < 1.29 is 9.90 Å². The Kier molecular flexibility index (Phi) is 6.42. The van der Waals surface area contributed by atoms with Crippen LogP contribution in [0, 0.1) is 0 Å². The third-order valence-electron chi connectivity index (χ3n) is 7.54. The summed E-state index contributed by atoms with van der Waals surface area (Å²) in [6.45, 7) is 1.83. The van der Waals surface area contributed by atoms with Gasteiger partial charge in [-0.25, -0.2) is 0 Å². The number of nitrogens with zero attached hydrogens (tertiary/aromatic N) is 3. The van der Waals surface area contributed by atoms with E-state index in [-0.39, 0.29) is 11.7 Å². The maximum atomic E-state index is 11.5. The van der Waals surface area contributed by atoms with Gasteiger partial charge in [0, 0.05) is 29.2 Å². The number of nitrogens with two attached hydrogens (primary N) is 2. The highest BCUT2D eigenvalue weighted by atomic mass is 32.2. The maximum absolute atomic E-state index is 11.5. The Morgan fingerprint density at radius 3 is 2.28 bits per heavy atom. The van der Waals surface area contributed by atoms with Crippen molar-refractivity contribution in [2.24, 2.45) is 16.5 Å². The summed E-state index contributed by atoms with van der Waals surface area (Å²) in [7, 11) is 0. The quantitative estimate of drug-likeness (QED) is 0.309. The zero-order valence-corrected chi connectivity index (χ0v) is 23.1. The van der Waals surface area contributed by atoms with Gasteiger partial charge in [-0.15, -0.1) is 11.3 Å². The molecule has 0 spiro atoms. The molecule has 1 aliphatic heterocycles. The fraction of sp³-hybridized carbons (Fsp3) is 0.267. The number of aliphatic hydroxyl groups is 1. The maximum Gasteiger partial charge on any atom is 0.223 e. The second kappa shape index (κ2) is 9.67. The first-order valence-electron chi connectivity index (χ1n) is 12.7. The summed E-state index contributed by atoms with van der Waals surface area (Å²) in [5.74, 6) is -0.421. The van der Waals surface area contributed by atoms with E-state index < -0.39 is 22.6 Å². The summed E-state index contributed by atoms with van der Waals surface area (Å²) >= 11 is 3.28. The predicted molar refractivity (Wildman–Crippen MR) is 156 cm³/mol. The van der Waals surface area contributed by atoms with Crippen LogP contribution in [0.5, 0.6) is 0 Å². The van der Waals surface area contributed by atoms with Crippen LogP contribution < -0.4 is 11.5 Å². The minimum absolute atomic E-state index is 0.0799. The van der Waals surface area contributed by atoms with E-state index in [1.165, 1.54) is 0 Å². The number of hydrogen-bond donors (Lipinski definition) is 3. The van der Waals surface area contributed by atoms with Crippen molar-refractivity contribution in [3.63, 3.8) is 0 Å². The van der Waals surface area contributed by atoms with Gasteiger partial charge in [-0.3, -0.25) is 19.8 Å². The minimum Gasteiger partial charge on any atom is -0.390 e.